The molecular weight excluding hydrogens is 384 g/mol. The number of hydrogen-bond donors (Lipinski definition) is 1. The number of rotatable bonds is 4. The van der Waals surface area contributed by atoms with Gasteiger partial charge >= 0.3 is 6.09 Å². The number of nitrogens with zero attached hydrogens (tertiary/aromatic N) is 5. The number of hydrogen-bond acceptors (Lipinski definition) is 8. The molecule has 2 N–H and O–H groups in total. The van der Waals surface area contributed by atoms with Crippen LogP contribution in [0.2, 0.25) is 0 Å². The third-order valence-electron chi connectivity index (χ3n) is 4.53. The normalized spacial score (nSPS) is 14.8. The molecule has 11 heteroatoms. The van der Waals surface area contributed by atoms with Gasteiger partial charge in [0, 0.05) is 13.1 Å². The molecular formula is C17H18N6O4S. The quantitative estimate of drug-likeness (QED) is 0.689. The van der Waals surface area contributed by atoms with Gasteiger partial charge in [-0.3, -0.25) is 0 Å². The number of ether oxygens (including phenoxy) is 1. The maximum Gasteiger partial charge on any atom is 0.409 e. The van der Waals surface area contributed by atoms with E-state index in [9.17, 15) is 13.2 Å². The van der Waals surface area contributed by atoms with Crippen molar-refractivity contribution in [2.75, 3.05) is 25.4 Å². The molecule has 1 aliphatic heterocycles. The first-order valence-corrected chi connectivity index (χ1v) is 10.1. The van der Waals surface area contributed by atoms with Gasteiger partial charge in [0.25, 0.3) is 0 Å². The zero-order valence-electron chi connectivity index (χ0n) is 15.0. The van der Waals surface area contributed by atoms with E-state index in [1.807, 2.05) is 0 Å². The predicted octanol–water partition coefficient (Wildman–Crippen LogP) is 1.25. The molecule has 4 rings (SSSR count). The smallest absolute Gasteiger partial charge is 0.409 e. The van der Waals surface area contributed by atoms with Crippen LogP contribution in [0.25, 0.3) is 11.0 Å². The summed E-state index contributed by atoms with van der Waals surface area (Å²) in [6.45, 7) is 2.69. The van der Waals surface area contributed by atoms with E-state index in [4.69, 9.17) is 10.5 Å². The van der Waals surface area contributed by atoms with E-state index in [0.29, 0.717) is 18.7 Å². The first-order chi connectivity index (χ1) is 13.4. The molecule has 0 bridgehead atoms. The molecule has 1 aliphatic rings. The number of aromatic nitrogens is 4. The number of carbonyl (C=O) groups excluding carboxylic acids is 1. The van der Waals surface area contributed by atoms with E-state index in [-0.39, 0.29) is 33.8 Å². The van der Waals surface area contributed by atoms with Gasteiger partial charge < -0.3 is 15.4 Å². The summed E-state index contributed by atoms with van der Waals surface area (Å²) in [7, 11) is -3.92. The highest BCUT2D eigenvalue weighted by Gasteiger charge is 2.37. The monoisotopic (exact) mass is 402 g/mol. The van der Waals surface area contributed by atoms with Crippen LogP contribution in [0, 0.1) is 0 Å². The van der Waals surface area contributed by atoms with Crippen molar-refractivity contribution in [1.29, 1.82) is 0 Å². The van der Waals surface area contributed by atoms with Gasteiger partial charge in [-0.2, -0.15) is 5.10 Å². The molecule has 3 aromatic rings. The third kappa shape index (κ3) is 2.83. The van der Waals surface area contributed by atoms with Crippen molar-refractivity contribution in [3.63, 3.8) is 0 Å². The molecule has 0 radical (unpaired) electrons. The van der Waals surface area contributed by atoms with Gasteiger partial charge in [0.05, 0.1) is 17.5 Å². The molecule has 2 aromatic heterocycles. The molecule has 0 atom stereocenters. The number of carbonyl (C=O) groups is 1. The van der Waals surface area contributed by atoms with Crippen LogP contribution in [-0.2, 0) is 14.6 Å². The average molecular weight is 402 g/mol. The van der Waals surface area contributed by atoms with Crippen molar-refractivity contribution < 1.29 is 17.9 Å². The Balaban J connectivity index is 1.77. The van der Waals surface area contributed by atoms with Gasteiger partial charge in [-0.05, 0) is 19.1 Å². The number of likely N-dealkylation sites (tertiary alicyclic amines) is 1. The standard InChI is InChI=1S/C17H18N6O4S/c1-2-27-17(24)22-8-11(9-22)23-15-13(14(18)19-10-20-15)16(21-23)28(25,26)12-6-4-3-5-7-12/h3-7,10-11H,2,8-9H2,1H3,(H2,18,19,20). The predicted molar refractivity (Wildman–Crippen MR) is 99.3 cm³/mol. The van der Waals surface area contributed by atoms with Gasteiger partial charge in [0.2, 0.25) is 9.84 Å². The van der Waals surface area contributed by atoms with Crippen LogP contribution in [-0.4, -0.2) is 58.9 Å². The highest BCUT2D eigenvalue weighted by Crippen LogP contribution is 2.33. The lowest BCUT2D eigenvalue weighted by atomic mass is 10.1. The Morgan fingerprint density at radius 1 is 1.25 bits per heavy atom. The van der Waals surface area contributed by atoms with E-state index in [1.54, 1.807) is 25.1 Å². The summed E-state index contributed by atoms with van der Waals surface area (Å²) in [5, 5.41) is 4.32. The fourth-order valence-corrected chi connectivity index (χ4v) is 4.49. The molecule has 146 valence electrons. The Morgan fingerprint density at radius 3 is 2.64 bits per heavy atom. The van der Waals surface area contributed by atoms with E-state index >= 15 is 0 Å². The summed E-state index contributed by atoms with van der Waals surface area (Å²) in [5.41, 5.74) is 6.28. The molecule has 0 spiro atoms. The summed E-state index contributed by atoms with van der Waals surface area (Å²) in [6, 6.07) is 7.74. The maximum absolute atomic E-state index is 13.1. The van der Waals surface area contributed by atoms with Crippen molar-refractivity contribution in [2.45, 2.75) is 22.9 Å². The number of amides is 1. The number of sulfone groups is 1. The van der Waals surface area contributed by atoms with Crippen LogP contribution >= 0.6 is 0 Å². The fraction of sp³-hybridized carbons (Fsp3) is 0.294. The van der Waals surface area contributed by atoms with Crippen LogP contribution in [0.4, 0.5) is 10.6 Å². The van der Waals surface area contributed by atoms with E-state index < -0.39 is 15.9 Å². The van der Waals surface area contributed by atoms with Crippen molar-refractivity contribution in [3.8, 4) is 0 Å². The first-order valence-electron chi connectivity index (χ1n) is 8.64. The lowest BCUT2D eigenvalue weighted by molar-refractivity contribution is 0.0576. The molecule has 0 saturated carbocycles. The Bertz CT molecular complexity index is 1140. The van der Waals surface area contributed by atoms with Crippen molar-refractivity contribution in [3.05, 3.63) is 36.7 Å². The van der Waals surface area contributed by atoms with Crippen molar-refractivity contribution >= 4 is 32.8 Å². The fourth-order valence-electron chi connectivity index (χ4n) is 3.09. The highest BCUT2D eigenvalue weighted by atomic mass is 32.2. The van der Waals surface area contributed by atoms with Crippen LogP contribution in [0.5, 0.6) is 0 Å². The molecule has 10 nitrogen and oxygen atoms in total. The molecule has 0 unspecified atom stereocenters. The van der Waals surface area contributed by atoms with E-state index in [2.05, 4.69) is 15.1 Å². The Kier molecular flexibility index (Phi) is 4.38. The Labute approximate surface area is 160 Å². The lowest BCUT2D eigenvalue weighted by Crippen LogP contribution is -2.51. The van der Waals surface area contributed by atoms with Gasteiger partial charge in [0.1, 0.15) is 17.5 Å². The number of nitrogens with two attached hydrogens (primary N) is 1. The Morgan fingerprint density at radius 2 is 1.96 bits per heavy atom. The minimum Gasteiger partial charge on any atom is -0.450 e. The summed E-state index contributed by atoms with van der Waals surface area (Å²) < 4.78 is 32.7. The first kappa shape index (κ1) is 18.2. The topological polar surface area (TPSA) is 133 Å². The summed E-state index contributed by atoms with van der Waals surface area (Å²) >= 11 is 0. The minimum absolute atomic E-state index is 0.0346. The van der Waals surface area contributed by atoms with Crippen LogP contribution in [0.1, 0.15) is 13.0 Å². The van der Waals surface area contributed by atoms with Gasteiger partial charge in [-0.15, -0.1) is 0 Å². The third-order valence-corrected chi connectivity index (χ3v) is 6.22. The van der Waals surface area contributed by atoms with Gasteiger partial charge in [-0.1, -0.05) is 18.2 Å². The zero-order valence-corrected chi connectivity index (χ0v) is 15.8. The van der Waals surface area contributed by atoms with Crippen LogP contribution in [0.15, 0.2) is 46.6 Å². The Hall–Kier alpha value is -3.21. The maximum atomic E-state index is 13.1. The molecule has 1 saturated heterocycles. The molecule has 1 aromatic carbocycles. The van der Waals surface area contributed by atoms with E-state index in [0.717, 1.165) is 0 Å². The van der Waals surface area contributed by atoms with Gasteiger partial charge in [-0.25, -0.2) is 27.9 Å². The second kappa shape index (κ2) is 6.75. The second-order valence-corrected chi connectivity index (χ2v) is 8.15. The SMILES string of the molecule is CCOC(=O)N1CC(n2nc(S(=O)(=O)c3ccccc3)c3c(N)ncnc32)C1. The minimum atomic E-state index is -3.92. The summed E-state index contributed by atoms with van der Waals surface area (Å²) in [4.78, 5) is 21.5. The molecule has 1 fully saturated rings. The number of nitrogen functional groups attached to an aromatic ring is 1. The summed E-state index contributed by atoms with van der Waals surface area (Å²) in [6.07, 6.45) is 0.845. The molecule has 3 heterocycles. The van der Waals surface area contributed by atoms with Crippen LogP contribution in [0.3, 0.4) is 0 Å². The van der Waals surface area contributed by atoms with Crippen molar-refractivity contribution in [2.24, 2.45) is 0 Å². The number of benzene rings is 1. The molecule has 28 heavy (non-hydrogen) atoms. The van der Waals surface area contributed by atoms with E-state index in [1.165, 1.54) is 28.0 Å². The highest BCUT2D eigenvalue weighted by molar-refractivity contribution is 7.91. The number of fused-ring (bicyclic) bond motifs is 1. The lowest BCUT2D eigenvalue weighted by Gasteiger charge is -2.38. The van der Waals surface area contributed by atoms with Crippen LogP contribution < -0.4 is 5.73 Å². The average Bonchev–Trinajstić information content (AvgIpc) is 3.03. The largest absolute Gasteiger partial charge is 0.450 e. The van der Waals surface area contributed by atoms with Crippen molar-refractivity contribution in [1.82, 2.24) is 24.6 Å². The molecule has 1 amide bonds. The second-order valence-electron chi connectivity index (χ2n) is 6.28. The van der Waals surface area contributed by atoms with Gasteiger partial charge in [0.15, 0.2) is 10.7 Å². The zero-order chi connectivity index (χ0) is 19.9. The molecule has 0 aliphatic carbocycles. The number of anilines is 1. The summed E-state index contributed by atoms with van der Waals surface area (Å²) in [5.74, 6) is 0.0346.